The molecule has 0 saturated heterocycles. The second-order valence-corrected chi connectivity index (χ2v) is 4.63. The lowest BCUT2D eigenvalue weighted by molar-refractivity contribution is 0.252. The predicted octanol–water partition coefficient (Wildman–Crippen LogP) is 3.74. The van der Waals surface area contributed by atoms with Gasteiger partial charge in [0, 0.05) is 23.4 Å². The molecule has 0 fully saturated rings. The number of amides is 2. The summed E-state index contributed by atoms with van der Waals surface area (Å²) in [5, 5.41) is 7.43. The summed E-state index contributed by atoms with van der Waals surface area (Å²) in [6, 6.07) is 11.2. The summed E-state index contributed by atoms with van der Waals surface area (Å²) in [7, 11) is 1.58. The van der Waals surface area contributed by atoms with Gasteiger partial charge < -0.3 is 19.8 Å². The Morgan fingerprint density at radius 2 is 2.00 bits per heavy atom. The second kappa shape index (κ2) is 5.36. The van der Waals surface area contributed by atoms with Crippen molar-refractivity contribution >= 4 is 33.7 Å². The van der Waals surface area contributed by atoms with Crippen LogP contribution >= 0.6 is 0 Å². The zero-order valence-corrected chi connectivity index (χ0v) is 11.9. The molecule has 21 heavy (non-hydrogen) atoms. The fourth-order valence-corrected chi connectivity index (χ4v) is 2.35. The minimum Gasteiger partial charge on any atom is -0.495 e. The number of carbonyl (C=O) groups is 1. The Morgan fingerprint density at radius 1 is 1.19 bits per heavy atom. The molecule has 3 aromatic rings. The lowest BCUT2D eigenvalue weighted by atomic mass is 10.1. The summed E-state index contributed by atoms with van der Waals surface area (Å²) in [4.78, 5) is 11.7. The average Bonchev–Trinajstić information content (AvgIpc) is 2.84. The SMILES string of the molecule is CCNC(=O)Nc1cc2oc3ccccc3c2cc1OC. The number of anilines is 1. The molecule has 3 rings (SSSR count). The van der Waals surface area contributed by atoms with E-state index in [9.17, 15) is 4.79 Å². The molecule has 0 bridgehead atoms. The normalized spacial score (nSPS) is 10.8. The Hall–Kier alpha value is -2.69. The summed E-state index contributed by atoms with van der Waals surface area (Å²) in [6.45, 7) is 2.42. The number of benzene rings is 2. The summed E-state index contributed by atoms with van der Waals surface area (Å²) in [5.41, 5.74) is 2.10. The van der Waals surface area contributed by atoms with Crippen LogP contribution in [0.2, 0.25) is 0 Å². The summed E-state index contributed by atoms with van der Waals surface area (Å²) >= 11 is 0. The summed E-state index contributed by atoms with van der Waals surface area (Å²) < 4.78 is 11.2. The van der Waals surface area contributed by atoms with Crippen molar-refractivity contribution in [2.45, 2.75) is 6.92 Å². The van der Waals surface area contributed by atoms with Crippen LogP contribution in [0.4, 0.5) is 10.5 Å². The van der Waals surface area contributed by atoms with Crippen LogP contribution in [0.1, 0.15) is 6.92 Å². The highest BCUT2D eigenvalue weighted by atomic mass is 16.5. The predicted molar refractivity (Wildman–Crippen MR) is 83.0 cm³/mol. The van der Waals surface area contributed by atoms with Crippen molar-refractivity contribution in [3.63, 3.8) is 0 Å². The molecule has 0 aliphatic rings. The van der Waals surface area contributed by atoms with E-state index in [1.165, 1.54) is 0 Å². The van der Waals surface area contributed by atoms with Crippen LogP contribution in [0, 0.1) is 0 Å². The number of methoxy groups -OCH3 is 1. The quantitative estimate of drug-likeness (QED) is 0.770. The highest BCUT2D eigenvalue weighted by Crippen LogP contribution is 2.36. The first-order valence-electron chi connectivity index (χ1n) is 6.77. The number of rotatable bonds is 3. The van der Waals surface area contributed by atoms with Gasteiger partial charge in [0.15, 0.2) is 0 Å². The highest BCUT2D eigenvalue weighted by Gasteiger charge is 2.13. The lowest BCUT2D eigenvalue weighted by Crippen LogP contribution is -2.28. The van der Waals surface area contributed by atoms with Crippen molar-refractivity contribution in [1.29, 1.82) is 0 Å². The van der Waals surface area contributed by atoms with E-state index in [0.29, 0.717) is 23.6 Å². The molecule has 0 atom stereocenters. The van der Waals surface area contributed by atoms with Gasteiger partial charge in [-0.1, -0.05) is 18.2 Å². The smallest absolute Gasteiger partial charge is 0.319 e. The summed E-state index contributed by atoms with van der Waals surface area (Å²) in [5.74, 6) is 0.598. The first-order valence-corrected chi connectivity index (χ1v) is 6.77. The largest absolute Gasteiger partial charge is 0.495 e. The molecular formula is C16H16N2O3. The van der Waals surface area contributed by atoms with E-state index in [4.69, 9.17) is 9.15 Å². The van der Waals surface area contributed by atoms with Crippen LogP contribution in [0.15, 0.2) is 40.8 Å². The van der Waals surface area contributed by atoms with Crippen LogP contribution in [0.5, 0.6) is 5.75 Å². The van der Waals surface area contributed by atoms with Crippen LogP contribution in [0.3, 0.4) is 0 Å². The minimum absolute atomic E-state index is 0.272. The van der Waals surface area contributed by atoms with E-state index < -0.39 is 0 Å². The Bertz CT molecular complexity index is 808. The van der Waals surface area contributed by atoms with E-state index in [1.807, 2.05) is 37.3 Å². The summed E-state index contributed by atoms with van der Waals surface area (Å²) in [6.07, 6.45) is 0. The van der Waals surface area contributed by atoms with Crippen molar-refractivity contribution in [1.82, 2.24) is 5.32 Å². The van der Waals surface area contributed by atoms with Gasteiger partial charge >= 0.3 is 6.03 Å². The Balaban J connectivity index is 2.12. The van der Waals surface area contributed by atoms with E-state index in [-0.39, 0.29) is 6.03 Å². The van der Waals surface area contributed by atoms with Crippen molar-refractivity contribution in [3.05, 3.63) is 36.4 Å². The molecule has 0 unspecified atom stereocenters. The zero-order chi connectivity index (χ0) is 14.8. The van der Waals surface area contributed by atoms with Crippen LogP contribution < -0.4 is 15.4 Å². The van der Waals surface area contributed by atoms with Gasteiger partial charge in [0.2, 0.25) is 0 Å². The zero-order valence-electron chi connectivity index (χ0n) is 11.9. The molecule has 2 aromatic carbocycles. The molecule has 2 N–H and O–H groups in total. The molecule has 0 saturated carbocycles. The maximum absolute atomic E-state index is 11.7. The maximum atomic E-state index is 11.7. The van der Waals surface area contributed by atoms with Gasteiger partial charge in [0.25, 0.3) is 0 Å². The molecule has 5 heteroatoms. The number of carbonyl (C=O) groups excluding carboxylic acids is 1. The van der Waals surface area contributed by atoms with E-state index in [0.717, 1.165) is 16.4 Å². The number of ether oxygens (including phenoxy) is 1. The van der Waals surface area contributed by atoms with Crippen molar-refractivity contribution < 1.29 is 13.9 Å². The Kier molecular flexibility index (Phi) is 3.39. The van der Waals surface area contributed by atoms with Crippen LogP contribution in [-0.4, -0.2) is 19.7 Å². The minimum atomic E-state index is -0.272. The van der Waals surface area contributed by atoms with Crippen LogP contribution in [-0.2, 0) is 0 Å². The number of urea groups is 1. The highest BCUT2D eigenvalue weighted by molar-refractivity contribution is 6.07. The molecule has 0 radical (unpaired) electrons. The first-order chi connectivity index (χ1) is 10.2. The molecule has 1 aromatic heterocycles. The van der Waals surface area contributed by atoms with Crippen molar-refractivity contribution in [3.8, 4) is 5.75 Å². The molecular weight excluding hydrogens is 268 g/mol. The van der Waals surface area contributed by atoms with Gasteiger partial charge in [-0.05, 0) is 19.1 Å². The molecule has 108 valence electrons. The monoisotopic (exact) mass is 284 g/mol. The number of para-hydroxylation sites is 1. The Morgan fingerprint density at radius 3 is 2.76 bits per heavy atom. The molecule has 0 aliphatic carbocycles. The second-order valence-electron chi connectivity index (χ2n) is 4.63. The maximum Gasteiger partial charge on any atom is 0.319 e. The average molecular weight is 284 g/mol. The van der Waals surface area contributed by atoms with Gasteiger partial charge in [-0.2, -0.15) is 0 Å². The fraction of sp³-hybridized carbons (Fsp3) is 0.188. The topological polar surface area (TPSA) is 63.5 Å². The third kappa shape index (κ3) is 2.38. The van der Waals surface area contributed by atoms with Gasteiger partial charge in [-0.15, -0.1) is 0 Å². The van der Waals surface area contributed by atoms with E-state index in [1.54, 1.807) is 13.2 Å². The van der Waals surface area contributed by atoms with Gasteiger partial charge in [-0.3, -0.25) is 0 Å². The number of hydrogen-bond donors (Lipinski definition) is 2. The Labute approximate surface area is 121 Å². The van der Waals surface area contributed by atoms with Crippen LogP contribution in [0.25, 0.3) is 21.9 Å². The number of fused-ring (bicyclic) bond motifs is 3. The van der Waals surface area contributed by atoms with E-state index >= 15 is 0 Å². The number of nitrogens with one attached hydrogen (secondary N) is 2. The van der Waals surface area contributed by atoms with Gasteiger partial charge in [0.1, 0.15) is 16.9 Å². The molecule has 2 amide bonds. The fourth-order valence-electron chi connectivity index (χ4n) is 2.35. The third-order valence-electron chi connectivity index (χ3n) is 3.28. The molecule has 0 aliphatic heterocycles. The van der Waals surface area contributed by atoms with Gasteiger partial charge in [0.05, 0.1) is 12.8 Å². The molecule has 1 heterocycles. The lowest BCUT2D eigenvalue weighted by Gasteiger charge is -2.10. The molecule has 5 nitrogen and oxygen atoms in total. The standard InChI is InChI=1S/C16H16N2O3/c1-3-17-16(19)18-12-9-14-11(8-15(12)20-2)10-6-4-5-7-13(10)21-14/h4-9H,3H2,1-2H3,(H2,17,18,19). The van der Waals surface area contributed by atoms with E-state index in [2.05, 4.69) is 10.6 Å². The number of furan rings is 1. The van der Waals surface area contributed by atoms with Crippen molar-refractivity contribution in [2.75, 3.05) is 19.0 Å². The first kappa shape index (κ1) is 13.3. The third-order valence-corrected chi connectivity index (χ3v) is 3.28. The van der Waals surface area contributed by atoms with Crippen molar-refractivity contribution in [2.24, 2.45) is 0 Å². The molecule has 0 spiro atoms. The van der Waals surface area contributed by atoms with Gasteiger partial charge in [-0.25, -0.2) is 4.79 Å². The number of hydrogen-bond acceptors (Lipinski definition) is 3.